The van der Waals surface area contributed by atoms with Crippen molar-refractivity contribution in [3.05, 3.63) is 64.7 Å². The highest BCUT2D eigenvalue weighted by molar-refractivity contribution is 5.91. The van der Waals surface area contributed by atoms with E-state index in [9.17, 15) is 4.79 Å². The molecule has 114 valence electrons. The molecule has 0 heterocycles. The monoisotopic (exact) mass is 295 g/mol. The summed E-state index contributed by atoms with van der Waals surface area (Å²) >= 11 is 0. The molecule has 2 aromatic carbocycles. The van der Waals surface area contributed by atoms with Crippen molar-refractivity contribution >= 4 is 23.8 Å². The number of carbonyl (C=O) groups excluding carboxylic acids is 1. The first-order valence-corrected chi connectivity index (χ1v) is 7.15. The summed E-state index contributed by atoms with van der Waals surface area (Å²) in [5, 5.41) is 0. The standard InChI is InChI=1S/C19H21NO2/c1-14-13-16(9-12-18(14)19(21)22-4)6-5-15-7-10-17(11-8-15)20(2)3/h5-13H,1-4H3/b6-5+. The van der Waals surface area contributed by atoms with E-state index in [1.165, 1.54) is 12.8 Å². The Bertz CT molecular complexity index is 685. The number of carbonyl (C=O) groups is 1. The van der Waals surface area contributed by atoms with Gasteiger partial charge in [-0.1, -0.05) is 36.4 Å². The number of esters is 1. The summed E-state index contributed by atoms with van der Waals surface area (Å²) in [6.45, 7) is 1.91. The zero-order valence-electron chi connectivity index (χ0n) is 13.5. The second-order valence-corrected chi connectivity index (χ2v) is 5.39. The maximum absolute atomic E-state index is 11.6. The number of aryl methyl sites for hydroxylation is 1. The van der Waals surface area contributed by atoms with Gasteiger partial charge in [-0.25, -0.2) is 4.79 Å². The van der Waals surface area contributed by atoms with Crippen LogP contribution in [-0.4, -0.2) is 27.2 Å². The van der Waals surface area contributed by atoms with Crippen molar-refractivity contribution < 1.29 is 9.53 Å². The second-order valence-electron chi connectivity index (χ2n) is 5.39. The minimum atomic E-state index is -0.299. The molecule has 3 nitrogen and oxygen atoms in total. The summed E-state index contributed by atoms with van der Waals surface area (Å²) in [7, 11) is 5.44. The largest absolute Gasteiger partial charge is 0.465 e. The predicted octanol–water partition coefficient (Wildman–Crippen LogP) is 4.02. The normalized spacial score (nSPS) is 10.7. The maximum Gasteiger partial charge on any atom is 0.338 e. The Morgan fingerprint density at radius 2 is 1.59 bits per heavy atom. The summed E-state index contributed by atoms with van der Waals surface area (Å²) in [6.07, 6.45) is 4.10. The van der Waals surface area contributed by atoms with Gasteiger partial charge in [0.2, 0.25) is 0 Å². The maximum atomic E-state index is 11.6. The Balaban J connectivity index is 2.16. The van der Waals surface area contributed by atoms with Crippen molar-refractivity contribution in [2.24, 2.45) is 0 Å². The minimum Gasteiger partial charge on any atom is -0.465 e. The predicted molar refractivity (Wildman–Crippen MR) is 92.2 cm³/mol. The van der Waals surface area contributed by atoms with Crippen LogP contribution in [0.3, 0.4) is 0 Å². The van der Waals surface area contributed by atoms with Crippen LogP contribution in [0.15, 0.2) is 42.5 Å². The number of hydrogen-bond donors (Lipinski definition) is 0. The molecule has 0 aliphatic heterocycles. The van der Waals surface area contributed by atoms with Crippen LogP contribution < -0.4 is 4.90 Å². The van der Waals surface area contributed by atoms with Crippen molar-refractivity contribution in [1.29, 1.82) is 0 Å². The lowest BCUT2D eigenvalue weighted by molar-refractivity contribution is 0.0600. The molecule has 2 aromatic rings. The van der Waals surface area contributed by atoms with Gasteiger partial charge in [-0.15, -0.1) is 0 Å². The van der Waals surface area contributed by atoms with E-state index >= 15 is 0 Å². The van der Waals surface area contributed by atoms with Gasteiger partial charge in [-0.05, 0) is 41.8 Å². The molecule has 0 saturated heterocycles. The molecule has 0 aliphatic rings. The molecule has 0 radical (unpaired) electrons. The van der Waals surface area contributed by atoms with E-state index in [1.807, 2.05) is 39.2 Å². The third kappa shape index (κ3) is 3.76. The van der Waals surface area contributed by atoms with Crippen LogP contribution in [0.25, 0.3) is 12.2 Å². The first kappa shape index (κ1) is 15.8. The van der Waals surface area contributed by atoms with Gasteiger partial charge in [0.05, 0.1) is 12.7 Å². The van der Waals surface area contributed by atoms with E-state index in [4.69, 9.17) is 4.74 Å². The Morgan fingerprint density at radius 3 is 2.14 bits per heavy atom. The third-order valence-corrected chi connectivity index (χ3v) is 3.53. The molecule has 0 amide bonds. The van der Waals surface area contributed by atoms with Gasteiger partial charge >= 0.3 is 5.97 Å². The average molecular weight is 295 g/mol. The quantitative estimate of drug-likeness (QED) is 0.630. The molecule has 0 unspecified atom stereocenters. The summed E-state index contributed by atoms with van der Waals surface area (Å²) in [4.78, 5) is 13.6. The molecule has 2 rings (SSSR count). The van der Waals surface area contributed by atoms with Crippen LogP contribution in [0.4, 0.5) is 5.69 Å². The summed E-state index contributed by atoms with van der Waals surface area (Å²) in [5.41, 5.74) is 4.89. The van der Waals surface area contributed by atoms with E-state index in [1.54, 1.807) is 6.07 Å². The van der Waals surface area contributed by atoms with Crippen LogP contribution in [0.5, 0.6) is 0 Å². The number of hydrogen-bond acceptors (Lipinski definition) is 3. The van der Waals surface area contributed by atoms with Gasteiger partial charge in [-0.3, -0.25) is 0 Å². The summed E-state index contributed by atoms with van der Waals surface area (Å²) < 4.78 is 4.76. The van der Waals surface area contributed by atoms with E-state index in [0.29, 0.717) is 5.56 Å². The van der Waals surface area contributed by atoms with Crippen molar-refractivity contribution in [3.63, 3.8) is 0 Å². The lowest BCUT2D eigenvalue weighted by Crippen LogP contribution is -2.07. The first-order valence-electron chi connectivity index (χ1n) is 7.15. The summed E-state index contributed by atoms with van der Waals surface area (Å²) in [5.74, 6) is -0.299. The number of nitrogens with zero attached hydrogens (tertiary/aromatic N) is 1. The van der Waals surface area contributed by atoms with Gasteiger partial charge in [0.15, 0.2) is 0 Å². The molecule has 0 aliphatic carbocycles. The van der Waals surface area contributed by atoms with Crippen molar-refractivity contribution in [3.8, 4) is 0 Å². The molecular formula is C19H21NO2. The molecule has 0 atom stereocenters. The molecule has 0 fully saturated rings. The van der Waals surface area contributed by atoms with E-state index in [2.05, 4.69) is 35.2 Å². The number of ether oxygens (including phenoxy) is 1. The lowest BCUT2D eigenvalue weighted by atomic mass is 10.0. The Hall–Kier alpha value is -2.55. The number of anilines is 1. The topological polar surface area (TPSA) is 29.5 Å². The van der Waals surface area contributed by atoms with Gasteiger partial charge in [0.25, 0.3) is 0 Å². The second kappa shape index (κ2) is 6.94. The zero-order chi connectivity index (χ0) is 16.1. The SMILES string of the molecule is COC(=O)c1ccc(/C=C/c2ccc(N(C)C)cc2)cc1C. The Morgan fingerprint density at radius 1 is 1.00 bits per heavy atom. The third-order valence-electron chi connectivity index (χ3n) is 3.53. The highest BCUT2D eigenvalue weighted by Gasteiger charge is 2.08. The van der Waals surface area contributed by atoms with E-state index < -0.39 is 0 Å². The molecule has 22 heavy (non-hydrogen) atoms. The molecule has 0 spiro atoms. The lowest BCUT2D eigenvalue weighted by Gasteiger charge is -2.11. The van der Waals surface area contributed by atoms with Gasteiger partial charge in [-0.2, -0.15) is 0 Å². The number of rotatable bonds is 4. The molecule has 3 heteroatoms. The van der Waals surface area contributed by atoms with Crippen LogP contribution in [-0.2, 0) is 4.74 Å². The van der Waals surface area contributed by atoms with Crippen molar-refractivity contribution in [2.75, 3.05) is 26.1 Å². The fourth-order valence-corrected chi connectivity index (χ4v) is 2.21. The fraction of sp³-hybridized carbons (Fsp3) is 0.211. The molecule has 0 N–H and O–H groups in total. The average Bonchev–Trinajstić information content (AvgIpc) is 2.52. The van der Waals surface area contributed by atoms with Crippen LogP contribution in [0, 0.1) is 6.92 Å². The highest BCUT2D eigenvalue weighted by Crippen LogP contribution is 2.17. The summed E-state index contributed by atoms with van der Waals surface area (Å²) in [6, 6.07) is 14.1. The molecular weight excluding hydrogens is 274 g/mol. The number of methoxy groups -OCH3 is 1. The van der Waals surface area contributed by atoms with Gasteiger partial charge in [0.1, 0.15) is 0 Å². The Kier molecular flexibility index (Phi) is 4.99. The highest BCUT2D eigenvalue weighted by atomic mass is 16.5. The minimum absolute atomic E-state index is 0.299. The van der Waals surface area contributed by atoms with Crippen LogP contribution in [0.2, 0.25) is 0 Å². The Labute approximate surface area is 131 Å². The van der Waals surface area contributed by atoms with Crippen LogP contribution in [0.1, 0.15) is 27.0 Å². The van der Waals surface area contributed by atoms with Crippen molar-refractivity contribution in [1.82, 2.24) is 0 Å². The van der Waals surface area contributed by atoms with Gasteiger partial charge < -0.3 is 9.64 Å². The zero-order valence-corrected chi connectivity index (χ0v) is 13.5. The number of benzene rings is 2. The van der Waals surface area contributed by atoms with Crippen molar-refractivity contribution in [2.45, 2.75) is 6.92 Å². The van der Waals surface area contributed by atoms with E-state index in [-0.39, 0.29) is 5.97 Å². The van der Waals surface area contributed by atoms with Gasteiger partial charge in [0, 0.05) is 19.8 Å². The van der Waals surface area contributed by atoms with Crippen LogP contribution >= 0.6 is 0 Å². The fourth-order valence-electron chi connectivity index (χ4n) is 2.21. The van der Waals surface area contributed by atoms with E-state index in [0.717, 1.165) is 16.7 Å². The smallest absolute Gasteiger partial charge is 0.338 e. The molecule has 0 bridgehead atoms. The molecule has 0 aromatic heterocycles. The first-order chi connectivity index (χ1) is 10.5. The molecule has 0 saturated carbocycles.